The summed E-state index contributed by atoms with van der Waals surface area (Å²) in [4.78, 5) is 17.2. The number of para-hydroxylation sites is 3. The average molecular weight is 336 g/mol. The van der Waals surface area contributed by atoms with E-state index in [0.717, 1.165) is 11.0 Å². The molecule has 4 rings (SSSR count). The minimum Gasteiger partial charge on any atom is -0.493 e. The molecule has 0 atom stereocenters. The lowest BCUT2D eigenvalue weighted by atomic mass is 10.1. The van der Waals surface area contributed by atoms with Crippen LogP contribution in [-0.4, -0.2) is 39.2 Å². The number of carbonyl (C=O) groups excluding carboxylic acids is 1. The minimum atomic E-state index is -0.0954. The molecule has 0 amide bonds. The van der Waals surface area contributed by atoms with E-state index in [4.69, 9.17) is 9.47 Å². The first kappa shape index (κ1) is 15.2. The Balaban J connectivity index is 1.81. The van der Waals surface area contributed by atoms with Gasteiger partial charge in [0.2, 0.25) is 5.78 Å². The van der Waals surface area contributed by atoms with Crippen molar-refractivity contribution in [3.8, 4) is 11.5 Å². The van der Waals surface area contributed by atoms with Crippen LogP contribution in [0.2, 0.25) is 0 Å². The highest BCUT2D eigenvalue weighted by Gasteiger charge is 2.20. The maximum atomic E-state index is 13.0. The monoisotopic (exact) mass is 336 g/mol. The zero-order chi connectivity index (χ0) is 17.4. The van der Waals surface area contributed by atoms with E-state index in [9.17, 15) is 4.79 Å². The van der Waals surface area contributed by atoms with Gasteiger partial charge in [-0.15, -0.1) is 0 Å². The van der Waals surface area contributed by atoms with Crippen LogP contribution < -0.4 is 9.47 Å². The molecule has 0 unspecified atom stereocenters. The average Bonchev–Trinajstić information content (AvgIpc) is 3.23. The van der Waals surface area contributed by atoms with Gasteiger partial charge in [0, 0.05) is 0 Å². The third kappa shape index (κ3) is 2.32. The minimum absolute atomic E-state index is 0.0954. The number of hydrogen-bond donors (Lipinski definition) is 0. The van der Waals surface area contributed by atoms with Crippen LogP contribution >= 0.6 is 0 Å². The van der Waals surface area contributed by atoms with Gasteiger partial charge in [-0.3, -0.25) is 4.79 Å². The summed E-state index contributed by atoms with van der Waals surface area (Å²) in [5.74, 6) is 1.49. The molecule has 0 saturated carbocycles. The SMILES string of the molecule is COc1cccc(C(=O)Cn2c3ccccc3n3ncnc23)c1OC. The fraction of sp³-hybridized carbons (Fsp3) is 0.167. The molecule has 7 heteroatoms. The fourth-order valence-electron chi connectivity index (χ4n) is 3.06. The Morgan fingerprint density at radius 2 is 1.84 bits per heavy atom. The van der Waals surface area contributed by atoms with Gasteiger partial charge >= 0.3 is 0 Å². The second-order valence-electron chi connectivity index (χ2n) is 5.51. The Morgan fingerprint density at radius 1 is 1.04 bits per heavy atom. The molecule has 0 radical (unpaired) electrons. The van der Waals surface area contributed by atoms with E-state index in [-0.39, 0.29) is 12.3 Å². The van der Waals surface area contributed by atoms with E-state index in [2.05, 4.69) is 10.1 Å². The summed E-state index contributed by atoms with van der Waals surface area (Å²) < 4.78 is 14.2. The number of aromatic nitrogens is 4. The van der Waals surface area contributed by atoms with Crippen molar-refractivity contribution in [1.29, 1.82) is 0 Å². The molecular formula is C18H16N4O3. The first-order valence-corrected chi connectivity index (χ1v) is 7.75. The van der Waals surface area contributed by atoms with Crippen molar-refractivity contribution < 1.29 is 14.3 Å². The highest BCUT2D eigenvalue weighted by atomic mass is 16.5. The van der Waals surface area contributed by atoms with Crippen LogP contribution in [0.25, 0.3) is 16.8 Å². The Hall–Kier alpha value is -3.35. The number of hydrogen-bond acceptors (Lipinski definition) is 5. The van der Waals surface area contributed by atoms with Gasteiger partial charge in [0.05, 0.1) is 37.4 Å². The number of rotatable bonds is 5. The van der Waals surface area contributed by atoms with Crippen molar-refractivity contribution in [2.45, 2.75) is 6.54 Å². The van der Waals surface area contributed by atoms with Crippen LogP contribution in [0.5, 0.6) is 11.5 Å². The van der Waals surface area contributed by atoms with Gasteiger partial charge in [0.1, 0.15) is 6.33 Å². The summed E-state index contributed by atoms with van der Waals surface area (Å²) in [5.41, 5.74) is 2.27. The number of fused-ring (bicyclic) bond motifs is 3. The first-order valence-electron chi connectivity index (χ1n) is 7.75. The van der Waals surface area contributed by atoms with Crippen molar-refractivity contribution in [2.24, 2.45) is 0 Å². The molecule has 0 bridgehead atoms. The van der Waals surface area contributed by atoms with Crippen molar-refractivity contribution >= 4 is 22.6 Å². The Labute approximate surface area is 143 Å². The van der Waals surface area contributed by atoms with Crippen LogP contribution in [0.15, 0.2) is 48.8 Å². The summed E-state index contributed by atoms with van der Waals surface area (Å²) in [6.45, 7) is 0.124. The molecule has 2 heterocycles. The lowest BCUT2D eigenvalue weighted by molar-refractivity contribution is 0.0971. The standard InChI is InChI=1S/C18H16N4O3/c1-24-16-9-5-6-12(17(16)25-2)15(23)10-21-13-7-3-4-8-14(13)22-18(21)19-11-20-22/h3-9,11H,10H2,1-2H3. The number of Topliss-reactive ketones (excluding diaryl/α,β-unsaturated/α-hetero) is 1. The molecule has 0 N–H and O–H groups in total. The molecule has 2 aromatic carbocycles. The highest BCUT2D eigenvalue weighted by Crippen LogP contribution is 2.31. The number of nitrogens with zero attached hydrogens (tertiary/aromatic N) is 4. The third-order valence-electron chi connectivity index (χ3n) is 4.18. The Morgan fingerprint density at radius 3 is 2.60 bits per heavy atom. The molecular weight excluding hydrogens is 320 g/mol. The molecule has 0 saturated heterocycles. The molecule has 0 spiro atoms. The molecule has 25 heavy (non-hydrogen) atoms. The van der Waals surface area contributed by atoms with Gasteiger partial charge in [-0.1, -0.05) is 18.2 Å². The Kier molecular flexibility index (Phi) is 3.61. The van der Waals surface area contributed by atoms with Crippen LogP contribution in [0.1, 0.15) is 10.4 Å². The van der Waals surface area contributed by atoms with Crippen molar-refractivity contribution in [2.75, 3.05) is 14.2 Å². The zero-order valence-corrected chi connectivity index (χ0v) is 13.8. The number of carbonyl (C=O) groups is 1. The Bertz CT molecular complexity index is 1080. The number of imidazole rings is 1. The highest BCUT2D eigenvalue weighted by molar-refractivity contribution is 6.00. The van der Waals surface area contributed by atoms with Gasteiger partial charge in [-0.05, 0) is 24.3 Å². The summed E-state index contributed by atoms with van der Waals surface area (Å²) >= 11 is 0. The largest absolute Gasteiger partial charge is 0.493 e. The smallest absolute Gasteiger partial charge is 0.233 e. The molecule has 0 fully saturated rings. The normalized spacial score (nSPS) is 11.1. The fourth-order valence-corrected chi connectivity index (χ4v) is 3.06. The summed E-state index contributed by atoms with van der Waals surface area (Å²) in [6, 6.07) is 13.0. The quantitative estimate of drug-likeness (QED) is 0.524. The lowest BCUT2D eigenvalue weighted by Gasteiger charge is -2.12. The second kappa shape index (κ2) is 5.94. The second-order valence-corrected chi connectivity index (χ2v) is 5.51. The maximum Gasteiger partial charge on any atom is 0.233 e. The van der Waals surface area contributed by atoms with E-state index in [1.54, 1.807) is 29.8 Å². The van der Waals surface area contributed by atoms with Gasteiger partial charge in [0.25, 0.3) is 0 Å². The van der Waals surface area contributed by atoms with Crippen molar-refractivity contribution in [1.82, 2.24) is 19.2 Å². The van der Waals surface area contributed by atoms with Gasteiger partial charge in [-0.25, -0.2) is 0 Å². The van der Waals surface area contributed by atoms with E-state index < -0.39 is 0 Å². The topological polar surface area (TPSA) is 70.7 Å². The third-order valence-corrected chi connectivity index (χ3v) is 4.18. The number of ether oxygens (including phenoxy) is 2. The molecule has 0 aliphatic rings. The van der Waals surface area contributed by atoms with E-state index in [1.165, 1.54) is 13.4 Å². The number of ketones is 1. The van der Waals surface area contributed by atoms with Gasteiger partial charge < -0.3 is 14.0 Å². The summed E-state index contributed by atoms with van der Waals surface area (Å²) in [6.07, 6.45) is 1.48. The lowest BCUT2D eigenvalue weighted by Crippen LogP contribution is -2.12. The van der Waals surface area contributed by atoms with Crippen LogP contribution in [0, 0.1) is 0 Å². The predicted octanol–water partition coefficient (Wildman–Crippen LogP) is 2.58. The number of benzene rings is 2. The van der Waals surface area contributed by atoms with Crippen LogP contribution in [0.3, 0.4) is 0 Å². The van der Waals surface area contributed by atoms with Gasteiger partial charge in [-0.2, -0.15) is 14.6 Å². The molecule has 4 aromatic rings. The molecule has 2 aromatic heterocycles. The predicted molar refractivity (Wildman–Crippen MR) is 92.4 cm³/mol. The van der Waals surface area contributed by atoms with E-state index in [1.807, 2.05) is 28.8 Å². The van der Waals surface area contributed by atoms with Gasteiger partial charge in [0.15, 0.2) is 17.3 Å². The van der Waals surface area contributed by atoms with Crippen LogP contribution in [0.4, 0.5) is 0 Å². The van der Waals surface area contributed by atoms with E-state index in [0.29, 0.717) is 22.8 Å². The molecule has 126 valence electrons. The number of methoxy groups -OCH3 is 2. The molecule has 7 nitrogen and oxygen atoms in total. The van der Waals surface area contributed by atoms with E-state index >= 15 is 0 Å². The maximum absolute atomic E-state index is 13.0. The first-order chi connectivity index (χ1) is 12.2. The summed E-state index contributed by atoms with van der Waals surface area (Å²) in [5, 5.41) is 4.24. The molecule has 0 aliphatic heterocycles. The zero-order valence-electron chi connectivity index (χ0n) is 13.8. The van der Waals surface area contributed by atoms with Crippen molar-refractivity contribution in [3.05, 3.63) is 54.4 Å². The molecule has 0 aliphatic carbocycles. The van der Waals surface area contributed by atoms with Crippen molar-refractivity contribution in [3.63, 3.8) is 0 Å². The summed E-state index contributed by atoms with van der Waals surface area (Å²) in [7, 11) is 3.07. The van der Waals surface area contributed by atoms with Crippen LogP contribution in [-0.2, 0) is 6.54 Å².